The summed E-state index contributed by atoms with van der Waals surface area (Å²) in [6.07, 6.45) is -2.79. The minimum absolute atomic E-state index is 0.406. The van der Waals surface area contributed by atoms with Crippen LogP contribution in [0.4, 0.5) is 0 Å². The van der Waals surface area contributed by atoms with Crippen molar-refractivity contribution in [2.24, 2.45) is 11.8 Å². The van der Waals surface area contributed by atoms with E-state index in [1.54, 1.807) is 7.05 Å². The van der Waals surface area contributed by atoms with Crippen molar-refractivity contribution in [1.29, 1.82) is 0 Å². The van der Waals surface area contributed by atoms with E-state index in [0.29, 0.717) is 18.3 Å². The van der Waals surface area contributed by atoms with Crippen molar-refractivity contribution in [3.8, 4) is 0 Å². The molecule has 22 heavy (non-hydrogen) atoms. The lowest BCUT2D eigenvalue weighted by molar-refractivity contribution is -0.220. The molecule has 0 aromatic heterocycles. The van der Waals surface area contributed by atoms with Gasteiger partial charge in [-0.1, -0.05) is 20.8 Å². The molecule has 0 radical (unpaired) electrons. The molecule has 1 aliphatic heterocycles. The van der Waals surface area contributed by atoms with Crippen LogP contribution in [-0.4, -0.2) is 70.1 Å². The van der Waals surface area contributed by atoms with Crippen molar-refractivity contribution < 1.29 is 25.2 Å². The highest BCUT2D eigenvalue weighted by Gasteiger charge is 2.48. The van der Waals surface area contributed by atoms with Gasteiger partial charge in [-0.3, -0.25) is 0 Å². The van der Waals surface area contributed by atoms with Gasteiger partial charge in [-0.05, 0) is 32.2 Å². The van der Waals surface area contributed by atoms with Gasteiger partial charge in [0.1, 0.15) is 18.3 Å². The van der Waals surface area contributed by atoms with E-state index >= 15 is 0 Å². The SMILES string of the molecule is CNC1C(O)CC(C)(CC(C)C(C)C)OC1C(O)C(O)CO. The van der Waals surface area contributed by atoms with E-state index in [-0.39, 0.29) is 0 Å². The third-order valence-corrected chi connectivity index (χ3v) is 4.97. The zero-order chi connectivity index (χ0) is 17.1. The molecule has 1 fully saturated rings. The number of nitrogens with one attached hydrogen (secondary N) is 1. The molecule has 5 N–H and O–H groups in total. The van der Waals surface area contributed by atoms with Gasteiger partial charge >= 0.3 is 0 Å². The highest BCUT2D eigenvalue weighted by Crippen LogP contribution is 2.37. The fourth-order valence-corrected chi connectivity index (χ4v) is 3.25. The molecule has 1 saturated heterocycles. The van der Waals surface area contributed by atoms with Gasteiger partial charge < -0.3 is 30.5 Å². The monoisotopic (exact) mass is 319 g/mol. The summed E-state index contributed by atoms with van der Waals surface area (Å²) in [5.41, 5.74) is -0.572. The summed E-state index contributed by atoms with van der Waals surface area (Å²) >= 11 is 0. The maximum absolute atomic E-state index is 10.4. The predicted molar refractivity (Wildman–Crippen MR) is 84.5 cm³/mol. The van der Waals surface area contributed by atoms with E-state index in [2.05, 4.69) is 26.1 Å². The first-order valence-electron chi connectivity index (χ1n) is 8.15. The van der Waals surface area contributed by atoms with Crippen LogP contribution in [-0.2, 0) is 4.74 Å². The van der Waals surface area contributed by atoms with Crippen LogP contribution < -0.4 is 5.32 Å². The summed E-state index contributed by atoms with van der Waals surface area (Å²) in [6.45, 7) is 7.82. The van der Waals surface area contributed by atoms with Crippen molar-refractivity contribution in [3.05, 3.63) is 0 Å². The zero-order valence-corrected chi connectivity index (χ0v) is 14.4. The molecule has 0 aliphatic carbocycles. The largest absolute Gasteiger partial charge is 0.394 e. The molecule has 7 unspecified atom stereocenters. The smallest absolute Gasteiger partial charge is 0.110 e. The summed E-state index contributed by atoms with van der Waals surface area (Å²) in [4.78, 5) is 0. The molecule has 0 spiro atoms. The first-order valence-corrected chi connectivity index (χ1v) is 8.15. The molecule has 132 valence electrons. The quantitative estimate of drug-likeness (QED) is 0.448. The molecule has 0 amide bonds. The van der Waals surface area contributed by atoms with Gasteiger partial charge in [0.25, 0.3) is 0 Å². The van der Waals surface area contributed by atoms with E-state index < -0.39 is 42.7 Å². The Bertz CT molecular complexity index is 340. The van der Waals surface area contributed by atoms with E-state index in [1.807, 2.05) is 6.92 Å². The van der Waals surface area contributed by atoms with E-state index in [0.717, 1.165) is 6.42 Å². The summed E-state index contributed by atoms with van der Waals surface area (Å²) < 4.78 is 6.11. The molecule has 0 aromatic rings. The van der Waals surface area contributed by atoms with Gasteiger partial charge in [0.2, 0.25) is 0 Å². The summed E-state index contributed by atoms with van der Waals surface area (Å²) in [5, 5.41) is 42.4. The Morgan fingerprint density at radius 1 is 1.27 bits per heavy atom. The lowest BCUT2D eigenvalue weighted by Crippen LogP contribution is -2.64. The number of ether oxygens (including phenoxy) is 1. The topological polar surface area (TPSA) is 102 Å². The number of aliphatic hydroxyl groups excluding tert-OH is 4. The van der Waals surface area contributed by atoms with Gasteiger partial charge in [0.05, 0.1) is 24.4 Å². The second kappa shape index (κ2) is 8.04. The van der Waals surface area contributed by atoms with Crippen LogP contribution in [0.3, 0.4) is 0 Å². The Hall–Kier alpha value is -0.240. The maximum Gasteiger partial charge on any atom is 0.110 e. The molecule has 1 aliphatic rings. The molecule has 1 heterocycles. The van der Waals surface area contributed by atoms with Gasteiger partial charge in [0.15, 0.2) is 0 Å². The summed E-state index contributed by atoms with van der Waals surface area (Å²) in [5.74, 6) is 0.898. The van der Waals surface area contributed by atoms with E-state index in [4.69, 9.17) is 9.84 Å². The summed E-state index contributed by atoms with van der Waals surface area (Å²) in [7, 11) is 1.68. The molecule has 6 nitrogen and oxygen atoms in total. The average molecular weight is 319 g/mol. The van der Waals surface area contributed by atoms with E-state index in [9.17, 15) is 15.3 Å². The normalized spacial score (nSPS) is 37.1. The van der Waals surface area contributed by atoms with Crippen molar-refractivity contribution in [2.75, 3.05) is 13.7 Å². The predicted octanol–water partition coefficient (Wildman–Crippen LogP) is -0.121. The van der Waals surface area contributed by atoms with Crippen LogP contribution in [0.1, 0.15) is 40.5 Å². The Kier molecular flexibility index (Phi) is 7.23. The second-order valence-corrected chi connectivity index (χ2v) is 7.28. The number of hydrogen-bond acceptors (Lipinski definition) is 6. The minimum atomic E-state index is -1.29. The molecule has 0 bridgehead atoms. The first-order chi connectivity index (χ1) is 10.1. The number of aliphatic hydroxyl groups is 4. The standard InChI is InChI=1S/C16H33NO5/c1-9(2)10(3)6-16(4)7-11(19)13(17-5)15(22-16)14(21)12(20)8-18/h9-15,17-21H,6-8H2,1-5H3. The Labute approximate surface area is 133 Å². The second-order valence-electron chi connectivity index (χ2n) is 7.28. The number of likely N-dealkylation sites (N-methyl/N-ethyl adjacent to an activating group) is 1. The minimum Gasteiger partial charge on any atom is -0.394 e. The van der Waals surface area contributed by atoms with Gasteiger partial charge in [-0.15, -0.1) is 0 Å². The van der Waals surface area contributed by atoms with Crippen molar-refractivity contribution >= 4 is 0 Å². The average Bonchev–Trinajstić information content (AvgIpc) is 2.44. The Morgan fingerprint density at radius 3 is 2.32 bits per heavy atom. The molecule has 1 rings (SSSR count). The van der Waals surface area contributed by atoms with Crippen LogP contribution >= 0.6 is 0 Å². The fourth-order valence-electron chi connectivity index (χ4n) is 3.25. The van der Waals surface area contributed by atoms with Crippen molar-refractivity contribution in [1.82, 2.24) is 5.32 Å². The molecule has 0 saturated carbocycles. The summed E-state index contributed by atoms with van der Waals surface area (Å²) in [6, 6.07) is -0.487. The van der Waals surface area contributed by atoms with Crippen LogP contribution in [0.5, 0.6) is 0 Å². The third kappa shape index (κ3) is 4.63. The van der Waals surface area contributed by atoms with Gasteiger partial charge in [-0.25, -0.2) is 0 Å². The Morgan fingerprint density at radius 2 is 1.86 bits per heavy atom. The Balaban J connectivity index is 2.93. The highest BCUT2D eigenvalue weighted by atomic mass is 16.5. The van der Waals surface area contributed by atoms with Crippen molar-refractivity contribution in [3.63, 3.8) is 0 Å². The lowest BCUT2D eigenvalue weighted by Gasteiger charge is -2.48. The van der Waals surface area contributed by atoms with Crippen LogP contribution in [0, 0.1) is 11.8 Å². The number of rotatable bonds is 7. The van der Waals surface area contributed by atoms with Crippen LogP contribution in [0.2, 0.25) is 0 Å². The van der Waals surface area contributed by atoms with Crippen LogP contribution in [0.15, 0.2) is 0 Å². The maximum atomic E-state index is 10.4. The number of hydrogen-bond donors (Lipinski definition) is 5. The van der Waals surface area contributed by atoms with E-state index in [1.165, 1.54) is 0 Å². The lowest BCUT2D eigenvalue weighted by atomic mass is 9.78. The third-order valence-electron chi connectivity index (χ3n) is 4.97. The zero-order valence-electron chi connectivity index (χ0n) is 14.4. The fraction of sp³-hybridized carbons (Fsp3) is 1.00. The molecule has 7 atom stereocenters. The molecular weight excluding hydrogens is 286 g/mol. The first kappa shape index (κ1) is 19.8. The van der Waals surface area contributed by atoms with Gasteiger partial charge in [0, 0.05) is 6.42 Å². The van der Waals surface area contributed by atoms with Crippen molar-refractivity contribution in [2.45, 2.75) is 76.6 Å². The molecular formula is C16H33NO5. The van der Waals surface area contributed by atoms with Crippen LogP contribution in [0.25, 0.3) is 0 Å². The highest BCUT2D eigenvalue weighted by molar-refractivity contribution is 5.00. The van der Waals surface area contributed by atoms with Gasteiger partial charge in [-0.2, -0.15) is 0 Å². The molecule has 0 aromatic carbocycles. The molecule has 6 heteroatoms.